The van der Waals surface area contributed by atoms with Gasteiger partial charge in [-0.3, -0.25) is 9.69 Å². The molecular formula is C17H20FN3O2S. The molecule has 7 heteroatoms. The van der Waals surface area contributed by atoms with Gasteiger partial charge >= 0.3 is 0 Å². The van der Waals surface area contributed by atoms with Crippen molar-refractivity contribution in [3.63, 3.8) is 0 Å². The molecule has 1 atom stereocenters. The van der Waals surface area contributed by atoms with Crippen LogP contribution in [0.3, 0.4) is 0 Å². The van der Waals surface area contributed by atoms with Gasteiger partial charge in [-0.05, 0) is 43.7 Å². The Balaban J connectivity index is 1.43. The van der Waals surface area contributed by atoms with Gasteiger partial charge < -0.3 is 10.1 Å². The van der Waals surface area contributed by atoms with E-state index in [1.807, 2.05) is 5.38 Å². The maximum absolute atomic E-state index is 12.9. The van der Waals surface area contributed by atoms with E-state index in [1.165, 1.54) is 23.5 Å². The summed E-state index contributed by atoms with van der Waals surface area (Å²) in [5.41, 5.74) is 0. The number of amides is 1. The number of aromatic nitrogens is 1. The number of halogens is 1. The van der Waals surface area contributed by atoms with Crippen LogP contribution in [0.4, 0.5) is 9.52 Å². The molecule has 3 rings (SSSR count). The van der Waals surface area contributed by atoms with Crippen LogP contribution in [0.2, 0.25) is 0 Å². The number of nitrogens with zero attached hydrogens (tertiary/aromatic N) is 2. The van der Waals surface area contributed by atoms with Crippen LogP contribution in [-0.2, 0) is 4.79 Å². The normalized spacial score (nSPS) is 18.3. The van der Waals surface area contributed by atoms with Crippen LogP contribution in [0.15, 0.2) is 35.8 Å². The molecule has 24 heavy (non-hydrogen) atoms. The Labute approximate surface area is 144 Å². The molecule has 1 saturated heterocycles. The third-order valence-electron chi connectivity index (χ3n) is 3.95. The summed E-state index contributed by atoms with van der Waals surface area (Å²) in [6.07, 6.45) is 3.79. The first-order valence-corrected chi connectivity index (χ1v) is 8.87. The lowest BCUT2D eigenvalue weighted by molar-refractivity contribution is -0.117. The molecule has 1 N–H and O–H groups in total. The van der Waals surface area contributed by atoms with Gasteiger partial charge in [0.05, 0.1) is 13.2 Å². The molecule has 128 valence electrons. The van der Waals surface area contributed by atoms with Gasteiger partial charge in [0.2, 0.25) is 5.91 Å². The van der Waals surface area contributed by atoms with Crippen LogP contribution in [0.1, 0.15) is 12.8 Å². The van der Waals surface area contributed by atoms with Crippen LogP contribution in [0.25, 0.3) is 0 Å². The average Bonchev–Trinajstić information content (AvgIpc) is 3.07. The van der Waals surface area contributed by atoms with Crippen molar-refractivity contribution in [2.24, 2.45) is 5.92 Å². The Bertz CT molecular complexity index is 648. The highest BCUT2D eigenvalue weighted by Gasteiger charge is 2.22. The minimum atomic E-state index is -0.266. The van der Waals surface area contributed by atoms with Crippen molar-refractivity contribution >= 4 is 22.4 Å². The van der Waals surface area contributed by atoms with E-state index < -0.39 is 0 Å². The SMILES string of the molecule is O=C(CN1CCC[C@H](COc2ccc(F)cc2)C1)Nc1nccs1. The number of hydrogen-bond donors (Lipinski definition) is 1. The second-order valence-corrected chi connectivity index (χ2v) is 6.79. The van der Waals surface area contributed by atoms with E-state index in [9.17, 15) is 9.18 Å². The van der Waals surface area contributed by atoms with Crippen molar-refractivity contribution in [1.29, 1.82) is 0 Å². The number of carbonyl (C=O) groups is 1. The van der Waals surface area contributed by atoms with Crippen LogP contribution >= 0.6 is 11.3 Å². The van der Waals surface area contributed by atoms with Crippen molar-refractivity contribution in [1.82, 2.24) is 9.88 Å². The minimum Gasteiger partial charge on any atom is -0.493 e. The third kappa shape index (κ3) is 5.01. The number of hydrogen-bond acceptors (Lipinski definition) is 5. The van der Waals surface area contributed by atoms with Gasteiger partial charge in [0.15, 0.2) is 5.13 Å². The van der Waals surface area contributed by atoms with Crippen molar-refractivity contribution in [2.45, 2.75) is 12.8 Å². The molecule has 0 bridgehead atoms. The van der Waals surface area contributed by atoms with Crippen molar-refractivity contribution in [2.75, 3.05) is 31.6 Å². The van der Waals surface area contributed by atoms with E-state index in [0.717, 1.165) is 25.9 Å². The maximum Gasteiger partial charge on any atom is 0.240 e. The van der Waals surface area contributed by atoms with Gasteiger partial charge in [-0.1, -0.05) is 0 Å². The Hall–Kier alpha value is -1.99. The van der Waals surface area contributed by atoms with Gasteiger partial charge in [0, 0.05) is 24.0 Å². The summed E-state index contributed by atoms with van der Waals surface area (Å²) in [6.45, 7) is 2.69. The molecule has 0 unspecified atom stereocenters. The summed E-state index contributed by atoms with van der Waals surface area (Å²) in [6, 6.07) is 6.06. The summed E-state index contributed by atoms with van der Waals surface area (Å²) in [5, 5.41) is 5.27. The molecule has 1 amide bonds. The summed E-state index contributed by atoms with van der Waals surface area (Å²) < 4.78 is 18.6. The lowest BCUT2D eigenvalue weighted by Gasteiger charge is -2.31. The van der Waals surface area contributed by atoms with Crippen LogP contribution in [0.5, 0.6) is 5.75 Å². The van der Waals surface area contributed by atoms with Gasteiger partial charge in [-0.2, -0.15) is 0 Å². The summed E-state index contributed by atoms with van der Waals surface area (Å²) in [4.78, 5) is 18.2. The number of rotatable bonds is 6. The fourth-order valence-electron chi connectivity index (χ4n) is 2.82. The number of nitrogens with one attached hydrogen (secondary N) is 1. The molecule has 1 aromatic carbocycles. The molecule has 1 aromatic heterocycles. The standard InChI is InChI=1S/C17H20FN3O2S/c18-14-3-5-15(6-4-14)23-12-13-2-1-8-21(10-13)11-16(22)20-17-19-7-9-24-17/h3-7,9,13H,1-2,8,10-12H2,(H,19,20,22)/t13-/m0/s1. The lowest BCUT2D eigenvalue weighted by Crippen LogP contribution is -2.42. The number of carbonyl (C=O) groups excluding carboxylic acids is 1. The van der Waals surface area contributed by atoms with Gasteiger partial charge in [0.1, 0.15) is 11.6 Å². The average molecular weight is 349 g/mol. The van der Waals surface area contributed by atoms with E-state index in [4.69, 9.17) is 4.74 Å². The molecule has 0 spiro atoms. The molecule has 2 heterocycles. The Morgan fingerprint density at radius 2 is 2.25 bits per heavy atom. The number of benzene rings is 1. The van der Waals surface area contributed by atoms with Crippen LogP contribution in [-0.4, -0.2) is 42.0 Å². The highest BCUT2D eigenvalue weighted by molar-refractivity contribution is 7.13. The Morgan fingerprint density at radius 3 is 3.00 bits per heavy atom. The fourth-order valence-corrected chi connectivity index (χ4v) is 3.37. The first-order chi connectivity index (χ1) is 11.7. The molecule has 5 nitrogen and oxygen atoms in total. The summed E-state index contributed by atoms with van der Waals surface area (Å²) >= 11 is 1.41. The molecule has 1 aliphatic heterocycles. The van der Waals surface area contributed by atoms with Crippen LogP contribution < -0.4 is 10.1 Å². The topological polar surface area (TPSA) is 54.5 Å². The minimum absolute atomic E-state index is 0.0370. The summed E-state index contributed by atoms with van der Waals surface area (Å²) in [5.74, 6) is 0.744. The number of anilines is 1. The molecule has 1 aliphatic rings. The maximum atomic E-state index is 12.9. The first-order valence-electron chi connectivity index (χ1n) is 7.99. The highest BCUT2D eigenvalue weighted by Crippen LogP contribution is 2.19. The molecule has 0 saturated carbocycles. The van der Waals surface area contributed by atoms with Crippen LogP contribution in [0, 0.1) is 11.7 Å². The monoisotopic (exact) mass is 349 g/mol. The fraction of sp³-hybridized carbons (Fsp3) is 0.412. The van der Waals surface area contributed by atoms with Gasteiger partial charge in [-0.25, -0.2) is 9.37 Å². The number of ether oxygens (including phenoxy) is 1. The molecule has 0 radical (unpaired) electrons. The Morgan fingerprint density at radius 1 is 1.42 bits per heavy atom. The smallest absolute Gasteiger partial charge is 0.240 e. The quantitative estimate of drug-likeness (QED) is 0.871. The molecular weight excluding hydrogens is 329 g/mol. The first kappa shape index (κ1) is 16.9. The zero-order valence-corrected chi connectivity index (χ0v) is 14.1. The number of likely N-dealkylation sites (tertiary alicyclic amines) is 1. The highest BCUT2D eigenvalue weighted by atomic mass is 32.1. The summed E-state index contributed by atoms with van der Waals surface area (Å²) in [7, 11) is 0. The van der Waals surface area contributed by atoms with E-state index in [1.54, 1.807) is 18.3 Å². The Kier molecular flexibility index (Phi) is 5.77. The molecule has 1 fully saturated rings. The van der Waals surface area contributed by atoms with E-state index in [0.29, 0.717) is 30.0 Å². The van der Waals surface area contributed by atoms with E-state index >= 15 is 0 Å². The predicted octanol–water partition coefficient (Wildman–Crippen LogP) is 3.01. The zero-order valence-electron chi connectivity index (χ0n) is 13.3. The number of thiazole rings is 1. The predicted molar refractivity (Wildman–Crippen MR) is 91.8 cm³/mol. The van der Waals surface area contributed by atoms with E-state index in [-0.39, 0.29) is 11.7 Å². The van der Waals surface area contributed by atoms with E-state index in [2.05, 4.69) is 15.2 Å². The molecule has 0 aliphatic carbocycles. The second kappa shape index (κ2) is 8.21. The lowest BCUT2D eigenvalue weighted by atomic mass is 9.99. The van der Waals surface area contributed by atoms with Gasteiger partial charge in [0.25, 0.3) is 0 Å². The molecule has 2 aromatic rings. The van der Waals surface area contributed by atoms with Gasteiger partial charge in [-0.15, -0.1) is 11.3 Å². The third-order valence-corrected chi connectivity index (χ3v) is 4.64. The van der Waals surface area contributed by atoms with Crippen molar-refractivity contribution in [3.8, 4) is 5.75 Å². The van der Waals surface area contributed by atoms with Crippen molar-refractivity contribution < 1.29 is 13.9 Å². The second-order valence-electron chi connectivity index (χ2n) is 5.89. The largest absolute Gasteiger partial charge is 0.493 e. The zero-order chi connectivity index (χ0) is 16.8. The van der Waals surface area contributed by atoms with Crippen molar-refractivity contribution in [3.05, 3.63) is 41.7 Å². The number of piperidine rings is 1.